The van der Waals surface area contributed by atoms with E-state index in [4.69, 9.17) is 4.74 Å². The Balaban J connectivity index is 1.83. The lowest BCUT2D eigenvalue weighted by molar-refractivity contribution is -0.125. The molecular weight excluding hydrogens is 294 g/mol. The van der Waals surface area contributed by atoms with Crippen LogP contribution in [0.4, 0.5) is 5.69 Å². The van der Waals surface area contributed by atoms with Gasteiger partial charge in [-0.2, -0.15) is 0 Å². The van der Waals surface area contributed by atoms with E-state index >= 15 is 0 Å². The summed E-state index contributed by atoms with van der Waals surface area (Å²) in [5, 5.41) is 8.74. The van der Waals surface area contributed by atoms with Gasteiger partial charge < -0.3 is 20.7 Å². The first-order chi connectivity index (χ1) is 11.1. The summed E-state index contributed by atoms with van der Waals surface area (Å²) in [6.45, 7) is 2.85. The third-order valence-corrected chi connectivity index (χ3v) is 3.75. The highest BCUT2D eigenvalue weighted by molar-refractivity contribution is 5.99. The monoisotopic (exact) mass is 317 g/mol. The van der Waals surface area contributed by atoms with Crippen LogP contribution in [-0.2, 0) is 9.59 Å². The van der Waals surface area contributed by atoms with E-state index in [9.17, 15) is 9.59 Å². The molecule has 6 heteroatoms. The number of hydrogen-bond donors (Lipinski definition) is 3. The highest BCUT2D eigenvalue weighted by Gasteiger charge is 2.25. The molecule has 2 rings (SSSR count). The van der Waals surface area contributed by atoms with E-state index in [2.05, 4.69) is 16.0 Å². The molecule has 1 heterocycles. The summed E-state index contributed by atoms with van der Waals surface area (Å²) in [6.07, 6.45) is 4.76. The predicted octanol–water partition coefficient (Wildman–Crippen LogP) is 1.45. The second kappa shape index (κ2) is 8.33. The number of rotatable bonds is 7. The van der Waals surface area contributed by atoms with Crippen LogP contribution < -0.4 is 20.7 Å². The zero-order valence-corrected chi connectivity index (χ0v) is 13.5. The van der Waals surface area contributed by atoms with Crippen LogP contribution in [0.5, 0.6) is 5.75 Å². The summed E-state index contributed by atoms with van der Waals surface area (Å²) in [5.41, 5.74) is 0.691. The van der Waals surface area contributed by atoms with E-state index in [1.54, 1.807) is 37.5 Å². The molecule has 1 aromatic carbocycles. The van der Waals surface area contributed by atoms with Gasteiger partial charge in [-0.25, -0.2) is 0 Å². The topological polar surface area (TPSA) is 79.5 Å². The molecule has 0 aliphatic carbocycles. The van der Waals surface area contributed by atoms with Crippen LogP contribution in [0.15, 0.2) is 36.4 Å². The minimum absolute atomic E-state index is 0.0108. The minimum Gasteiger partial charge on any atom is -0.497 e. The number of benzene rings is 1. The average Bonchev–Trinajstić information content (AvgIpc) is 2.50. The highest BCUT2D eigenvalue weighted by Crippen LogP contribution is 2.14. The fraction of sp³-hybridized carbons (Fsp3) is 0.412. The molecule has 0 radical (unpaired) electrons. The largest absolute Gasteiger partial charge is 0.497 e. The molecule has 2 amide bonds. The number of ether oxygens (including phenoxy) is 1. The third-order valence-electron chi connectivity index (χ3n) is 3.75. The quantitative estimate of drug-likeness (QED) is 0.665. The smallest absolute Gasteiger partial charge is 0.248 e. The van der Waals surface area contributed by atoms with Gasteiger partial charge in [0.15, 0.2) is 0 Å². The van der Waals surface area contributed by atoms with Crippen LogP contribution in [0.3, 0.4) is 0 Å². The molecule has 1 unspecified atom stereocenters. The number of anilines is 1. The Morgan fingerprint density at radius 2 is 2.09 bits per heavy atom. The summed E-state index contributed by atoms with van der Waals surface area (Å²) in [7, 11) is 1.59. The zero-order valence-electron chi connectivity index (χ0n) is 13.5. The predicted molar refractivity (Wildman–Crippen MR) is 89.4 cm³/mol. The van der Waals surface area contributed by atoms with Crippen molar-refractivity contribution < 1.29 is 14.3 Å². The van der Waals surface area contributed by atoms with Gasteiger partial charge in [-0.05, 0) is 43.7 Å². The first kappa shape index (κ1) is 17.0. The lowest BCUT2D eigenvalue weighted by Gasteiger charge is -2.27. The van der Waals surface area contributed by atoms with Crippen molar-refractivity contribution in [2.45, 2.75) is 31.8 Å². The molecule has 6 nitrogen and oxygen atoms in total. The van der Waals surface area contributed by atoms with Crippen LogP contribution in [-0.4, -0.2) is 37.6 Å². The Morgan fingerprint density at radius 3 is 2.61 bits per heavy atom. The number of methoxy groups -OCH3 is 1. The second-order valence-electron chi connectivity index (χ2n) is 5.40. The van der Waals surface area contributed by atoms with E-state index in [0.717, 1.165) is 25.1 Å². The van der Waals surface area contributed by atoms with Crippen LogP contribution in [0.1, 0.15) is 19.8 Å². The van der Waals surface area contributed by atoms with Crippen LogP contribution in [0.25, 0.3) is 0 Å². The molecule has 1 aromatic rings. The maximum atomic E-state index is 11.9. The second-order valence-corrected chi connectivity index (χ2v) is 5.40. The molecule has 1 aliphatic rings. The van der Waals surface area contributed by atoms with Gasteiger partial charge in [0, 0.05) is 17.8 Å². The van der Waals surface area contributed by atoms with Crippen molar-refractivity contribution in [1.29, 1.82) is 0 Å². The number of carbonyl (C=O) groups excluding carboxylic acids is 2. The fourth-order valence-electron chi connectivity index (χ4n) is 2.14. The van der Waals surface area contributed by atoms with Gasteiger partial charge in [0.2, 0.25) is 11.8 Å². The van der Waals surface area contributed by atoms with Gasteiger partial charge in [-0.3, -0.25) is 9.59 Å². The van der Waals surface area contributed by atoms with Crippen molar-refractivity contribution in [1.82, 2.24) is 10.6 Å². The summed E-state index contributed by atoms with van der Waals surface area (Å²) in [5.74, 6) is 0.491. The molecule has 0 saturated carbocycles. The maximum Gasteiger partial charge on any atom is 0.248 e. The number of amides is 2. The molecule has 23 heavy (non-hydrogen) atoms. The van der Waals surface area contributed by atoms with Crippen molar-refractivity contribution in [3.8, 4) is 5.75 Å². The van der Waals surface area contributed by atoms with Gasteiger partial charge in [0.05, 0.1) is 13.2 Å². The summed E-state index contributed by atoms with van der Waals surface area (Å²) in [4.78, 5) is 23.8. The Bertz CT molecular complexity index is 565. The normalized spacial score (nSPS) is 18.1. The minimum atomic E-state index is -0.232. The Labute approximate surface area is 136 Å². The van der Waals surface area contributed by atoms with Crippen LogP contribution in [0.2, 0.25) is 0 Å². The zero-order chi connectivity index (χ0) is 16.7. The van der Waals surface area contributed by atoms with Crippen molar-refractivity contribution in [3.63, 3.8) is 0 Å². The lowest BCUT2D eigenvalue weighted by Crippen LogP contribution is -2.54. The van der Waals surface area contributed by atoms with E-state index < -0.39 is 0 Å². The fourth-order valence-corrected chi connectivity index (χ4v) is 2.14. The molecule has 3 N–H and O–H groups in total. The van der Waals surface area contributed by atoms with Crippen molar-refractivity contribution >= 4 is 17.5 Å². The third kappa shape index (κ3) is 5.10. The number of nitrogens with one attached hydrogen (secondary N) is 3. The summed E-state index contributed by atoms with van der Waals surface area (Å²) in [6, 6.07) is 6.86. The van der Waals surface area contributed by atoms with Gasteiger partial charge >= 0.3 is 0 Å². The Kier molecular flexibility index (Phi) is 6.17. The Hall–Kier alpha value is -2.34. The molecule has 2 atom stereocenters. The van der Waals surface area contributed by atoms with Gasteiger partial charge in [-0.1, -0.05) is 13.0 Å². The van der Waals surface area contributed by atoms with Gasteiger partial charge in [0.1, 0.15) is 5.75 Å². The Morgan fingerprint density at radius 1 is 1.39 bits per heavy atom. The maximum absolute atomic E-state index is 11.9. The van der Waals surface area contributed by atoms with Crippen LogP contribution >= 0.6 is 0 Å². The van der Waals surface area contributed by atoms with Crippen molar-refractivity contribution in [3.05, 3.63) is 36.4 Å². The van der Waals surface area contributed by atoms with E-state index in [1.807, 2.05) is 6.92 Å². The number of carbonyl (C=O) groups is 2. The first-order valence-corrected chi connectivity index (χ1v) is 7.79. The average molecular weight is 317 g/mol. The molecule has 0 bridgehead atoms. The van der Waals surface area contributed by atoms with E-state index in [1.165, 1.54) is 6.08 Å². The molecule has 124 valence electrons. The van der Waals surface area contributed by atoms with Gasteiger partial charge in [0.25, 0.3) is 0 Å². The molecule has 0 aromatic heterocycles. The van der Waals surface area contributed by atoms with E-state index in [0.29, 0.717) is 5.69 Å². The first-order valence-electron chi connectivity index (χ1n) is 7.79. The molecule has 1 saturated heterocycles. The van der Waals surface area contributed by atoms with Gasteiger partial charge in [-0.15, -0.1) is 0 Å². The van der Waals surface area contributed by atoms with Crippen molar-refractivity contribution in [2.24, 2.45) is 0 Å². The SMILES string of the molecule is CCC(C=CC(=O)Nc1ccc(OC)cc1)NC(=O)[C@@H]1CCN1. The van der Waals surface area contributed by atoms with E-state index in [-0.39, 0.29) is 23.9 Å². The van der Waals surface area contributed by atoms with Crippen LogP contribution in [0, 0.1) is 0 Å². The highest BCUT2D eigenvalue weighted by atomic mass is 16.5. The van der Waals surface area contributed by atoms with Crippen molar-refractivity contribution in [2.75, 3.05) is 19.0 Å². The standard InChI is InChI=1S/C17H23N3O3/c1-3-12(20-17(22)15-10-11-18-15)6-9-16(21)19-13-4-7-14(23-2)8-5-13/h4-9,12,15,18H,3,10-11H2,1-2H3,(H,19,21)(H,20,22)/t12?,15-/m0/s1. The lowest BCUT2D eigenvalue weighted by atomic mass is 10.1. The molecular formula is C17H23N3O3. The number of hydrogen-bond acceptors (Lipinski definition) is 4. The molecule has 1 fully saturated rings. The molecule has 1 aliphatic heterocycles. The molecule has 0 spiro atoms. The summed E-state index contributed by atoms with van der Waals surface area (Å²) < 4.78 is 5.07. The summed E-state index contributed by atoms with van der Waals surface area (Å²) >= 11 is 0.